The van der Waals surface area contributed by atoms with E-state index in [-0.39, 0.29) is 0 Å². The number of ether oxygens (including phenoxy) is 1. The summed E-state index contributed by atoms with van der Waals surface area (Å²) in [5.41, 5.74) is 4.93. The highest BCUT2D eigenvalue weighted by molar-refractivity contribution is 7.26. The molecule has 1 aliphatic heterocycles. The summed E-state index contributed by atoms with van der Waals surface area (Å²) in [6, 6.07) is 45.2. The summed E-state index contributed by atoms with van der Waals surface area (Å²) < 4.78 is 11.2. The first kappa shape index (κ1) is 23.6. The number of aromatic nitrogens is 3. The molecule has 0 unspecified atom stereocenters. The van der Waals surface area contributed by atoms with Gasteiger partial charge in [-0.25, -0.2) is 9.97 Å². The third-order valence-corrected chi connectivity index (χ3v) is 10.6. The number of fused-ring (bicyclic) bond motifs is 13. The van der Waals surface area contributed by atoms with Gasteiger partial charge in [0.05, 0.1) is 27.6 Å². The molecule has 0 N–H and O–H groups in total. The highest BCUT2D eigenvalue weighted by Crippen LogP contribution is 2.47. The number of para-hydroxylation sites is 2. The van der Waals surface area contributed by atoms with Crippen LogP contribution in [0.2, 0.25) is 0 Å². The van der Waals surface area contributed by atoms with E-state index in [2.05, 4.69) is 102 Å². The van der Waals surface area contributed by atoms with Gasteiger partial charge >= 0.3 is 0 Å². The first-order valence-electron chi connectivity index (χ1n) is 15.1. The van der Waals surface area contributed by atoms with Crippen molar-refractivity contribution in [1.82, 2.24) is 14.5 Å². The SMILES string of the molecule is c1ccc2c(c1)Oc1cccc3nc(-n4c5ccccc5c5c6ccc7ccc8c9ccccc9sc8c7c6ccc54)nc-2c13. The van der Waals surface area contributed by atoms with Gasteiger partial charge in [-0.1, -0.05) is 84.9 Å². The lowest BCUT2D eigenvalue weighted by molar-refractivity contribution is 0.486. The quantitative estimate of drug-likeness (QED) is 0.178. The van der Waals surface area contributed by atoms with Gasteiger partial charge in [-0.2, -0.15) is 0 Å². The molecular formula is C40H21N3OS. The molecule has 0 bridgehead atoms. The molecule has 4 nitrogen and oxygen atoms in total. The van der Waals surface area contributed by atoms with E-state index in [1.807, 2.05) is 41.7 Å². The summed E-state index contributed by atoms with van der Waals surface area (Å²) in [7, 11) is 0. The Bertz CT molecular complexity index is 2920. The van der Waals surface area contributed by atoms with Gasteiger partial charge in [0.15, 0.2) is 0 Å². The van der Waals surface area contributed by atoms with Crippen molar-refractivity contribution in [2.75, 3.05) is 0 Å². The third-order valence-electron chi connectivity index (χ3n) is 9.39. The Balaban J connectivity index is 1.27. The van der Waals surface area contributed by atoms with Crippen LogP contribution < -0.4 is 4.74 Å². The van der Waals surface area contributed by atoms with Crippen LogP contribution in [-0.4, -0.2) is 14.5 Å². The van der Waals surface area contributed by atoms with Gasteiger partial charge in [-0.15, -0.1) is 11.3 Å². The highest BCUT2D eigenvalue weighted by Gasteiger charge is 2.25. The Morgan fingerprint density at radius 2 is 1.27 bits per heavy atom. The smallest absolute Gasteiger partial charge is 0.235 e. The molecule has 11 rings (SSSR count). The lowest BCUT2D eigenvalue weighted by Crippen LogP contribution is -2.06. The maximum Gasteiger partial charge on any atom is 0.235 e. The van der Waals surface area contributed by atoms with Crippen LogP contribution in [0.3, 0.4) is 0 Å². The van der Waals surface area contributed by atoms with Crippen LogP contribution >= 0.6 is 11.3 Å². The minimum absolute atomic E-state index is 0.657. The molecule has 4 heterocycles. The Hall–Kier alpha value is -5.78. The molecule has 0 fully saturated rings. The second kappa shape index (κ2) is 8.44. The molecule has 0 saturated heterocycles. The number of hydrogen-bond acceptors (Lipinski definition) is 4. The zero-order chi connectivity index (χ0) is 29.2. The standard InChI is InChI=1S/C40H21N3OS/c1-4-12-30-27(9-1)36-25-18-16-22-17-19-26-23-8-3-6-15-34(23)45-39(26)35(22)24(25)20-21-31(36)43(30)40-41-29-11-7-14-33-37(29)38(42-40)28-10-2-5-13-32(28)44-33/h1-21H. The van der Waals surface area contributed by atoms with Gasteiger partial charge in [0, 0.05) is 41.9 Å². The maximum absolute atomic E-state index is 6.27. The van der Waals surface area contributed by atoms with E-state index in [0.717, 1.165) is 44.7 Å². The molecule has 0 atom stereocenters. The minimum atomic E-state index is 0.657. The maximum atomic E-state index is 6.27. The zero-order valence-corrected chi connectivity index (χ0v) is 24.6. The third kappa shape index (κ3) is 3.05. The van der Waals surface area contributed by atoms with Crippen LogP contribution in [-0.2, 0) is 0 Å². The fraction of sp³-hybridized carbons (Fsp3) is 0. The number of benzene rings is 7. The topological polar surface area (TPSA) is 39.9 Å². The second-order valence-corrected chi connectivity index (χ2v) is 12.8. The minimum Gasteiger partial charge on any atom is -0.456 e. The van der Waals surface area contributed by atoms with Crippen LogP contribution in [0.5, 0.6) is 11.5 Å². The molecule has 5 heteroatoms. The molecule has 208 valence electrons. The molecule has 0 saturated carbocycles. The summed E-state index contributed by atoms with van der Waals surface area (Å²) in [6.07, 6.45) is 0. The molecular weight excluding hydrogens is 571 g/mol. The summed E-state index contributed by atoms with van der Waals surface area (Å²) in [4.78, 5) is 10.4. The van der Waals surface area contributed by atoms with E-state index in [9.17, 15) is 0 Å². The van der Waals surface area contributed by atoms with Crippen molar-refractivity contribution in [3.05, 3.63) is 127 Å². The van der Waals surface area contributed by atoms with Crippen LogP contribution in [0.4, 0.5) is 0 Å². The van der Waals surface area contributed by atoms with Gasteiger partial charge < -0.3 is 4.74 Å². The van der Waals surface area contributed by atoms with E-state index in [1.165, 1.54) is 52.5 Å². The number of thiophene rings is 1. The summed E-state index contributed by atoms with van der Waals surface area (Å²) in [5, 5.41) is 11.1. The van der Waals surface area contributed by atoms with Crippen molar-refractivity contribution in [2.24, 2.45) is 0 Å². The molecule has 0 amide bonds. The molecule has 45 heavy (non-hydrogen) atoms. The van der Waals surface area contributed by atoms with Crippen LogP contribution in [0.1, 0.15) is 0 Å². The predicted octanol–water partition coefficient (Wildman–Crippen LogP) is 11.2. The van der Waals surface area contributed by atoms with Crippen molar-refractivity contribution in [3.63, 3.8) is 0 Å². The Kier molecular flexibility index (Phi) is 4.43. The first-order valence-corrected chi connectivity index (χ1v) is 15.9. The van der Waals surface area contributed by atoms with E-state index in [0.29, 0.717) is 5.95 Å². The number of hydrogen-bond donors (Lipinski definition) is 0. The number of nitrogens with zero attached hydrogens (tertiary/aromatic N) is 3. The molecule has 0 spiro atoms. The summed E-state index contributed by atoms with van der Waals surface area (Å²) >= 11 is 1.89. The average Bonchev–Trinajstić information content (AvgIpc) is 3.64. The van der Waals surface area contributed by atoms with Gasteiger partial charge in [0.1, 0.15) is 11.5 Å². The fourth-order valence-electron chi connectivity index (χ4n) is 7.48. The van der Waals surface area contributed by atoms with Crippen molar-refractivity contribution in [3.8, 4) is 28.7 Å². The van der Waals surface area contributed by atoms with E-state index >= 15 is 0 Å². The molecule has 7 aromatic carbocycles. The predicted molar refractivity (Wildman–Crippen MR) is 187 cm³/mol. The summed E-state index contributed by atoms with van der Waals surface area (Å²) in [5.74, 6) is 2.26. The van der Waals surface area contributed by atoms with E-state index < -0.39 is 0 Å². The first-order chi connectivity index (χ1) is 22.3. The largest absolute Gasteiger partial charge is 0.456 e. The average molecular weight is 592 g/mol. The normalized spacial score (nSPS) is 12.6. The van der Waals surface area contributed by atoms with Crippen molar-refractivity contribution < 1.29 is 4.74 Å². The molecule has 10 aromatic rings. The lowest BCUT2D eigenvalue weighted by atomic mass is 9.97. The van der Waals surface area contributed by atoms with Crippen molar-refractivity contribution >= 4 is 85.8 Å². The van der Waals surface area contributed by atoms with Gasteiger partial charge in [-0.3, -0.25) is 4.57 Å². The molecule has 0 aliphatic carbocycles. The van der Waals surface area contributed by atoms with Crippen LogP contribution in [0.25, 0.3) is 91.6 Å². The van der Waals surface area contributed by atoms with Crippen molar-refractivity contribution in [2.45, 2.75) is 0 Å². The van der Waals surface area contributed by atoms with Gasteiger partial charge in [-0.05, 0) is 58.6 Å². The fourth-order valence-corrected chi connectivity index (χ4v) is 8.75. The monoisotopic (exact) mass is 591 g/mol. The molecule has 0 radical (unpaired) electrons. The number of rotatable bonds is 1. The molecule has 1 aliphatic rings. The Morgan fingerprint density at radius 3 is 2.22 bits per heavy atom. The van der Waals surface area contributed by atoms with Gasteiger partial charge in [0.25, 0.3) is 0 Å². The molecule has 3 aromatic heterocycles. The Labute approximate surface area is 260 Å². The zero-order valence-electron chi connectivity index (χ0n) is 23.8. The van der Waals surface area contributed by atoms with Crippen LogP contribution in [0, 0.1) is 0 Å². The van der Waals surface area contributed by atoms with E-state index in [1.54, 1.807) is 0 Å². The van der Waals surface area contributed by atoms with Crippen LogP contribution in [0.15, 0.2) is 127 Å². The lowest BCUT2D eigenvalue weighted by Gasteiger charge is -2.20. The van der Waals surface area contributed by atoms with E-state index in [4.69, 9.17) is 14.7 Å². The summed E-state index contributed by atoms with van der Waals surface area (Å²) in [6.45, 7) is 0. The Morgan fingerprint density at radius 1 is 0.511 bits per heavy atom. The highest BCUT2D eigenvalue weighted by atomic mass is 32.1. The second-order valence-electron chi connectivity index (χ2n) is 11.7. The van der Waals surface area contributed by atoms with Crippen molar-refractivity contribution in [1.29, 1.82) is 0 Å². The van der Waals surface area contributed by atoms with Gasteiger partial charge in [0.2, 0.25) is 5.95 Å².